The molecule has 0 radical (unpaired) electrons. The van der Waals surface area contributed by atoms with Crippen LogP contribution < -0.4 is 5.32 Å². The summed E-state index contributed by atoms with van der Waals surface area (Å²) in [6.45, 7) is 7.24. The fraction of sp³-hybridized carbons (Fsp3) is 0.588. The van der Waals surface area contributed by atoms with E-state index in [1.807, 2.05) is 25.1 Å². The average Bonchev–Trinajstić information content (AvgIpc) is 3.00. The average molecular weight is 291 g/mol. The summed E-state index contributed by atoms with van der Waals surface area (Å²) in [4.78, 5) is 12.3. The number of hydrogen-bond donors (Lipinski definition) is 1. The number of amides is 1. The lowest BCUT2D eigenvalue weighted by Crippen LogP contribution is -2.47. The topological polar surface area (TPSA) is 47.6 Å². The molecule has 1 aromatic rings. The lowest BCUT2D eigenvalue weighted by atomic mass is 9.96. The highest BCUT2D eigenvalue weighted by Crippen LogP contribution is 2.16. The Bertz CT molecular complexity index is 441. The van der Waals surface area contributed by atoms with Crippen LogP contribution >= 0.6 is 0 Å². The van der Waals surface area contributed by atoms with E-state index < -0.39 is 0 Å². The number of ether oxygens (including phenoxy) is 2. The van der Waals surface area contributed by atoms with Crippen molar-refractivity contribution in [2.75, 3.05) is 13.2 Å². The van der Waals surface area contributed by atoms with Crippen LogP contribution in [0.15, 0.2) is 30.3 Å². The van der Waals surface area contributed by atoms with E-state index in [-0.39, 0.29) is 24.2 Å². The smallest absolute Gasteiger partial charge is 0.223 e. The quantitative estimate of drug-likeness (QED) is 0.875. The summed E-state index contributed by atoms with van der Waals surface area (Å²) in [5.41, 5.74) is 1.17. The maximum absolute atomic E-state index is 12.3. The second-order valence-electron chi connectivity index (χ2n) is 5.95. The van der Waals surface area contributed by atoms with Crippen molar-refractivity contribution >= 4 is 5.91 Å². The van der Waals surface area contributed by atoms with Crippen LogP contribution in [0, 0.1) is 11.8 Å². The third-order valence-electron chi connectivity index (χ3n) is 4.02. The van der Waals surface area contributed by atoms with E-state index in [1.54, 1.807) is 0 Å². The van der Waals surface area contributed by atoms with Gasteiger partial charge in [0.1, 0.15) is 0 Å². The first-order chi connectivity index (χ1) is 10.1. The molecule has 0 aliphatic carbocycles. The van der Waals surface area contributed by atoms with Gasteiger partial charge in [-0.3, -0.25) is 4.79 Å². The van der Waals surface area contributed by atoms with Gasteiger partial charge in [-0.25, -0.2) is 0 Å². The minimum Gasteiger partial charge on any atom is -0.348 e. The Balaban J connectivity index is 2.03. The lowest BCUT2D eigenvalue weighted by Gasteiger charge is -2.26. The molecule has 0 spiro atoms. The molecule has 1 aliphatic rings. The summed E-state index contributed by atoms with van der Waals surface area (Å²) in [5.74, 6) is 0.350. The first-order valence-electron chi connectivity index (χ1n) is 7.65. The Labute approximate surface area is 126 Å². The second-order valence-corrected chi connectivity index (χ2v) is 5.95. The normalized spacial score (nSPS) is 18.7. The molecule has 0 aromatic heterocycles. The van der Waals surface area contributed by atoms with Gasteiger partial charge in [0.05, 0.1) is 19.3 Å². The van der Waals surface area contributed by atoms with Gasteiger partial charge < -0.3 is 14.8 Å². The standard InChI is InChI=1S/C17H25NO3/c1-12(2)13(3)16(19)18-15(17-20-9-10-21-17)11-14-7-5-4-6-8-14/h4-8,12-13,15,17H,9-11H2,1-3H3,(H,18,19). The highest BCUT2D eigenvalue weighted by Gasteiger charge is 2.30. The van der Waals surface area contributed by atoms with Crippen molar-refractivity contribution in [1.29, 1.82) is 0 Å². The van der Waals surface area contributed by atoms with Crippen LogP contribution in [0.3, 0.4) is 0 Å². The highest BCUT2D eigenvalue weighted by atomic mass is 16.7. The Hall–Kier alpha value is -1.39. The zero-order valence-electron chi connectivity index (χ0n) is 13.0. The maximum atomic E-state index is 12.3. The predicted molar refractivity (Wildman–Crippen MR) is 81.8 cm³/mol. The molecule has 2 unspecified atom stereocenters. The Morgan fingerprint density at radius 1 is 1.19 bits per heavy atom. The summed E-state index contributed by atoms with van der Waals surface area (Å²) in [6.07, 6.45) is 0.357. The van der Waals surface area contributed by atoms with Crippen molar-refractivity contribution in [3.8, 4) is 0 Å². The van der Waals surface area contributed by atoms with Gasteiger partial charge >= 0.3 is 0 Å². The van der Waals surface area contributed by atoms with Gasteiger partial charge in [-0.05, 0) is 17.9 Å². The van der Waals surface area contributed by atoms with E-state index in [4.69, 9.17) is 9.47 Å². The van der Waals surface area contributed by atoms with Crippen LogP contribution in [0.25, 0.3) is 0 Å². The van der Waals surface area contributed by atoms with Crippen molar-refractivity contribution in [2.24, 2.45) is 11.8 Å². The molecule has 4 nitrogen and oxygen atoms in total. The van der Waals surface area contributed by atoms with Crippen molar-refractivity contribution in [1.82, 2.24) is 5.32 Å². The van der Waals surface area contributed by atoms with Crippen LogP contribution in [0.5, 0.6) is 0 Å². The first kappa shape index (κ1) is 16.0. The molecule has 1 aromatic carbocycles. The van der Waals surface area contributed by atoms with Crippen LogP contribution in [-0.4, -0.2) is 31.5 Å². The minimum atomic E-state index is -0.353. The number of carbonyl (C=O) groups is 1. The van der Waals surface area contributed by atoms with Gasteiger partial charge in [0, 0.05) is 5.92 Å². The van der Waals surface area contributed by atoms with E-state index in [0.29, 0.717) is 25.6 Å². The minimum absolute atomic E-state index is 0.0234. The molecule has 1 fully saturated rings. The van der Waals surface area contributed by atoms with E-state index in [2.05, 4.69) is 31.3 Å². The lowest BCUT2D eigenvalue weighted by molar-refractivity contribution is -0.131. The van der Waals surface area contributed by atoms with Gasteiger partial charge in [-0.2, -0.15) is 0 Å². The van der Waals surface area contributed by atoms with E-state index in [1.165, 1.54) is 5.56 Å². The van der Waals surface area contributed by atoms with Gasteiger partial charge in [0.15, 0.2) is 6.29 Å². The largest absolute Gasteiger partial charge is 0.348 e. The van der Waals surface area contributed by atoms with Crippen LogP contribution in [0.2, 0.25) is 0 Å². The summed E-state index contributed by atoms with van der Waals surface area (Å²) in [5, 5.41) is 3.10. The van der Waals surface area contributed by atoms with Gasteiger partial charge in [-0.1, -0.05) is 51.1 Å². The third-order valence-corrected chi connectivity index (χ3v) is 4.02. The summed E-state index contributed by atoms with van der Waals surface area (Å²) in [7, 11) is 0. The number of nitrogens with one attached hydrogen (secondary N) is 1. The van der Waals surface area contributed by atoms with Crippen LogP contribution in [0.4, 0.5) is 0 Å². The molecule has 1 aliphatic heterocycles. The van der Waals surface area contributed by atoms with Crippen molar-refractivity contribution in [3.63, 3.8) is 0 Å². The van der Waals surface area contributed by atoms with E-state index in [9.17, 15) is 4.79 Å². The molecule has 0 bridgehead atoms. The molecule has 21 heavy (non-hydrogen) atoms. The fourth-order valence-corrected chi connectivity index (χ4v) is 2.31. The number of carbonyl (C=O) groups excluding carboxylic acids is 1. The SMILES string of the molecule is CC(C)C(C)C(=O)NC(Cc1ccccc1)C1OCCO1. The van der Waals surface area contributed by atoms with Crippen molar-refractivity contribution < 1.29 is 14.3 Å². The fourth-order valence-electron chi connectivity index (χ4n) is 2.31. The molecule has 1 amide bonds. The molecule has 1 N–H and O–H groups in total. The van der Waals surface area contributed by atoms with Gasteiger partial charge in [-0.15, -0.1) is 0 Å². The number of rotatable bonds is 6. The van der Waals surface area contributed by atoms with Crippen LogP contribution in [0.1, 0.15) is 26.3 Å². The molecule has 1 saturated heterocycles. The van der Waals surface area contributed by atoms with Crippen molar-refractivity contribution in [3.05, 3.63) is 35.9 Å². The maximum Gasteiger partial charge on any atom is 0.223 e. The highest BCUT2D eigenvalue weighted by molar-refractivity contribution is 5.78. The van der Waals surface area contributed by atoms with Gasteiger partial charge in [0.25, 0.3) is 0 Å². The molecule has 1 heterocycles. The van der Waals surface area contributed by atoms with Crippen molar-refractivity contribution in [2.45, 2.75) is 39.5 Å². The molecule has 4 heteroatoms. The number of hydrogen-bond acceptors (Lipinski definition) is 3. The second kappa shape index (κ2) is 7.57. The Morgan fingerprint density at radius 2 is 1.81 bits per heavy atom. The molecule has 0 saturated carbocycles. The molecular weight excluding hydrogens is 266 g/mol. The zero-order valence-corrected chi connectivity index (χ0v) is 13.0. The molecular formula is C17H25NO3. The summed E-state index contributed by atoms with van der Waals surface area (Å²) >= 11 is 0. The molecule has 2 atom stereocenters. The predicted octanol–water partition coefficient (Wildman–Crippen LogP) is 2.38. The molecule has 116 valence electrons. The third kappa shape index (κ3) is 4.55. The first-order valence-corrected chi connectivity index (χ1v) is 7.65. The summed E-state index contributed by atoms with van der Waals surface area (Å²) in [6, 6.07) is 9.95. The molecule has 2 rings (SSSR count). The Kier molecular flexibility index (Phi) is 5.76. The van der Waals surface area contributed by atoms with Gasteiger partial charge in [0.2, 0.25) is 5.91 Å². The summed E-state index contributed by atoms with van der Waals surface area (Å²) < 4.78 is 11.2. The zero-order chi connectivity index (χ0) is 15.2. The van der Waals surface area contributed by atoms with E-state index >= 15 is 0 Å². The Morgan fingerprint density at radius 3 is 2.38 bits per heavy atom. The number of benzene rings is 1. The van der Waals surface area contributed by atoms with Crippen LogP contribution in [-0.2, 0) is 20.7 Å². The van der Waals surface area contributed by atoms with E-state index in [0.717, 1.165) is 0 Å². The monoisotopic (exact) mass is 291 g/mol.